The van der Waals surface area contributed by atoms with E-state index < -0.39 is 5.79 Å². The second kappa shape index (κ2) is 9.07. The number of carbonyl (C=O) groups is 1. The molecule has 3 N–H and O–H groups in total. The Morgan fingerprint density at radius 2 is 2.12 bits per heavy atom. The average molecular weight is 483 g/mol. The Morgan fingerprint density at radius 1 is 1.29 bits per heavy atom. The lowest BCUT2D eigenvalue weighted by molar-refractivity contribution is -0.156. The highest BCUT2D eigenvalue weighted by Gasteiger charge is 2.53. The molecule has 0 amide bonds. The van der Waals surface area contributed by atoms with E-state index in [0.29, 0.717) is 35.2 Å². The number of carbonyl (C=O) groups excluding carboxylic acids is 1. The number of nitrogens with two attached hydrogens (primary N) is 1. The number of aromatic nitrogens is 4. The Labute approximate surface area is 202 Å². The monoisotopic (exact) mass is 482 g/mol. The number of anilines is 1. The molecule has 1 aliphatic carbocycles. The number of benzene rings is 1. The van der Waals surface area contributed by atoms with Gasteiger partial charge in [-0.3, -0.25) is 9.48 Å². The molecule has 1 saturated heterocycles. The molecule has 2 aliphatic rings. The highest BCUT2D eigenvalue weighted by molar-refractivity contribution is 6.30. The fraction of sp³-hybridized carbons (Fsp3) is 0.417. The van der Waals surface area contributed by atoms with Crippen molar-refractivity contribution >= 4 is 23.2 Å². The van der Waals surface area contributed by atoms with Crippen molar-refractivity contribution in [1.82, 2.24) is 19.7 Å². The standard InChI is InChI=1S/C24H27ClN6O3/c1-24(2)33-21-15(10-26)9-19(22(21)34-24)29-23-17(11-27-13-28-23)20(32)18-6-7-31(30-18)12-14-4-3-5-16(25)8-14/h3-8,11,13,15,19,21-22H,9-10,12,26H2,1-2H3,(H,27,28,29)/t15-,19?,21-,22+/m1/s1. The zero-order valence-electron chi connectivity index (χ0n) is 19.0. The molecule has 0 radical (unpaired) electrons. The first-order valence-electron chi connectivity index (χ1n) is 11.3. The van der Waals surface area contributed by atoms with Gasteiger partial charge in [0, 0.05) is 23.3 Å². The summed E-state index contributed by atoms with van der Waals surface area (Å²) in [5.74, 6) is -0.336. The summed E-state index contributed by atoms with van der Waals surface area (Å²) in [6.07, 6.45) is 5.17. The molecule has 10 heteroatoms. The number of nitrogens with one attached hydrogen (secondary N) is 1. The first-order valence-corrected chi connectivity index (χ1v) is 11.7. The highest BCUT2D eigenvalue weighted by atomic mass is 35.5. The molecule has 2 fully saturated rings. The molecule has 5 rings (SSSR count). The summed E-state index contributed by atoms with van der Waals surface area (Å²) in [6, 6.07) is 9.13. The van der Waals surface area contributed by atoms with Crippen molar-refractivity contribution < 1.29 is 14.3 Å². The Balaban J connectivity index is 1.34. The lowest BCUT2D eigenvalue weighted by Gasteiger charge is -2.24. The predicted octanol–water partition coefficient (Wildman–Crippen LogP) is 2.88. The van der Waals surface area contributed by atoms with E-state index in [0.717, 1.165) is 12.0 Å². The van der Waals surface area contributed by atoms with E-state index in [1.165, 1.54) is 12.5 Å². The normalized spacial score (nSPS) is 25.3. The Kier molecular flexibility index (Phi) is 6.11. The fourth-order valence-corrected chi connectivity index (χ4v) is 4.99. The summed E-state index contributed by atoms with van der Waals surface area (Å²) in [4.78, 5) is 21.7. The van der Waals surface area contributed by atoms with E-state index >= 15 is 0 Å². The van der Waals surface area contributed by atoms with Gasteiger partial charge in [-0.15, -0.1) is 0 Å². The van der Waals surface area contributed by atoms with Gasteiger partial charge in [-0.25, -0.2) is 9.97 Å². The molecular weight excluding hydrogens is 456 g/mol. The summed E-state index contributed by atoms with van der Waals surface area (Å²) < 4.78 is 13.9. The number of rotatable bonds is 7. The highest BCUT2D eigenvalue weighted by Crippen LogP contribution is 2.42. The van der Waals surface area contributed by atoms with Crippen molar-refractivity contribution in [3.05, 3.63) is 70.9 Å². The van der Waals surface area contributed by atoms with Crippen LogP contribution < -0.4 is 11.1 Å². The first kappa shape index (κ1) is 22.9. The summed E-state index contributed by atoms with van der Waals surface area (Å²) in [5.41, 5.74) is 7.64. The van der Waals surface area contributed by atoms with Crippen molar-refractivity contribution in [2.75, 3.05) is 11.9 Å². The summed E-state index contributed by atoms with van der Waals surface area (Å²) in [7, 11) is 0. The lowest BCUT2D eigenvalue weighted by atomic mass is 10.1. The van der Waals surface area contributed by atoms with E-state index in [4.69, 9.17) is 26.8 Å². The fourth-order valence-electron chi connectivity index (χ4n) is 4.78. The number of nitrogens with zero attached hydrogens (tertiary/aromatic N) is 4. The molecule has 178 valence electrons. The van der Waals surface area contributed by atoms with Gasteiger partial charge in [-0.05, 0) is 50.6 Å². The maximum absolute atomic E-state index is 13.3. The molecule has 1 saturated carbocycles. The topological polar surface area (TPSA) is 117 Å². The lowest BCUT2D eigenvalue weighted by Crippen LogP contribution is -2.35. The number of hydrogen-bond donors (Lipinski definition) is 2. The number of halogens is 1. The van der Waals surface area contributed by atoms with E-state index in [1.807, 2.05) is 38.1 Å². The van der Waals surface area contributed by atoms with Gasteiger partial charge >= 0.3 is 0 Å². The van der Waals surface area contributed by atoms with E-state index in [-0.39, 0.29) is 30.0 Å². The smallest absolute Gasteiger partial charge is 0.218 e. The van der Waals surface area contributed by atoms with Gasteiger partial charge in [0.25, 0.3) is 0 Å². The minimum atomic E-state index is -0.677. The summed E-state index contributed by atoms with van der Waals surface area (Å²) >= 11 is 6.07. The Morgan fingerprint density at radius 3 is 2.91 bits per heavy atom. The Bertz CT molecular complexity index is 1200. The van der Waals surface area contributed by atoms with Crippen molar-refractivity contribution in [1.29, 1.82) is 0 Å². The van der Waals surface area contributed by atoms with Crippen LogP contribution in [0.1, 0.15) is 41.9 Å². The van der Waals surface area contributed by atoms with Crippen LogP contribution in [0.15, 0.2) is 49.1 Å². The van der Waals surface area contributed by atoms with Crippen LogP contribution >= 0.6 is 11.6 Å². The van der Waals surface area contributed by atoms with Crippen LogP contribution in [0.4, 0.5) is 5.82 Å². The predicted molar refractivity (Wildman–Crippen MR) is 127 cm³/mol. The molecule has 2 aromatic heterocycles. The van der Waals surface area contributed by atoms with Gasteiger partial charge < -0.3 is 20.5 Å². The third kappa shape index (κ3) is 4.56. The average Bonchev–Trinajstić information content (AvgIpc) is 3.47. The number of ketones is 1. The molecule has 0 bridgehead atoms. The van der Waals surface area contributed by atoms with E-state index in [1.54, 1.807) is 16.9 Å². The third-order valence-electron chi connectivity index (χ3n) is 6.27. The maximum atomic E-state index is 13.3. The van der Waals surface area contributed by atoms with Crippen molar-refractivity contribution in [2.45, 2.75) is 50.8 Å². The van der Waals surface area contributed by atoms with Crippen molar-refractivity contribution in [2.24, 2.45) is 11.7 Å². The largest absolute Gasteiger partial charge is 0.364 e. The minimum Gasteiger partial charge on any atom is -0.364 e. The zero-order valence-corrected chi connectivity index (χ0v) is 19.8. The molecule has 3 aromatic rings. The number of fused-ring (bicyclic) bond motifs is 1. The molecule has 9 nitrogen and oxygen atoms in total. The van der Waals surface area contributed by atoms with E-state index in [2.05, 4.69) is 20.4 Å². The van der Waals surface area contributed by atoms with Gasteiger partial charge in [-0.1, -0.05) is 23.7 Å². The van der Waals surface area contributed by atoms with Crippen LogP contribution in [0.5, 0.6) is 0 Å². The molecule has 1 unspecified atom stereocenters. The molecule has 3 heterocycles. The van der Waals surface area contributed by atoms with Crippen LogP contribution in [0, 0.1) is 5.92 Å². The Hall–Kier alpha value is -2.85. The van der Waals surface area contributed by atoms with Crippen LogP contribution in [0.2, 0.25) is 5.02 Å². The second-order valence-electron chi connectivity index (χ2n) is 9.19. The third-order valence-corrected chi connectivity index (χ3v) is 6.51. The van der Waals surface area contributed by atoms with Crippen LogP contribution in [-0.4, -0.2) is 56.1 Å². The second-order valence-corrected chi connectivity index (χ2v) is 9.63. The SMILES string of the molecule is CC1(C)O[C@@H]2[C@@H](CN)CC(Nc3ncncc3C(=O)c3ccn(Cc4cccc(Cl)c4)n3)[C@@H]2O1. The van der Waals surface area contributed by atoms with Gasteiger partial charge in [0.15, 0.2) is 5.79 Å². The van der Waals surface area contributed by atoms with Crippen molar-refractivity contribution in [3.8, 4) is 0 Å². The molecule has 0 spiro atoms. The van der Waals surface area contributed by atoms with Crippen LogP contribution in [-0.2, 0) is 16.0 Å². The zero-order chi connectivity index (χ0) is 23.9. The van der Waals surface area contributed by atoms with Gasteiger partial charge in [0.05, 0.1) is 24.3 Å². The molecule has 34 heavy (non-hydrogen) atoms. The maximum Gasteiger partial charge on any atom is 0.218 e. The summed E-state index contributed by atoms with van der Waals surface area (Å²) in [6.45, 7) is 4.80. The van der Waals surface area contributed by atoms with E-state index in [9.17, 15) is 4.79 Å². The quantitative estimate of drug-likeness (QED) is 0.494. The van der Waals surface area contributed by atoms with Crippen molar-refractivity contribution in [3.63, 3.8) is 0 Å². The summed E-state index contributed by atoms with van der Waals surface area (Å²) in [5, 5.41) is 8.52. The van der Waals surface area contributed by atoms with Gasteiger partial charge in [0.1, 0.15) is 23.9 Å². The van der Waals surface area contributed by atoms with Crippen LogP contribution in [0.3, 0.4) is 0 Å². The van der Waals surface area contributed by atoms with Gasteiger partial charge in [0.2, 0.25) is 5.78 Å². The first-order chi connectivity index (χ1) is 16.3. The molecule has 4 atom stereocenters. The minimum absolute atomic E-state index is 0.0952. The van der Waals surface area contributed by atoms with Gasteiger partial charge in [-0.2, -0.15) is 5.10 Å². The van der Waals surface area contributed by atoms with Crippen LogP contribution in [0.25, 0.3) is 0 Å². The number of ether oxygens (including phenoxy) is 2. The number of hydrogen-bond acceptors (Lipinski definition) is 8. The molecule has 1 aromatic carbocycles. The molecular formula is C24H27ClN6O3. The molecule has 1 aliphatic heterocycles.